The Balaban J connectivity index is 1.50. The van der Waals surface area contributed by atoms with Crippen LogP contribution >= 0.6 is 11.8 Å². The Morgan fingerprint density at radius 2 is 1.79 bits per heavy atom. The molecule has 0 aliphatic heterocycles. The number of carbonyl (C=O) groups is 2. The van der Waals surface area contributed by atoms with Crippen molar-refractivity contribution in [1.29, 1.82) is 0 Å². The molecule has 9 heteroatoms. The fourth-order valence-electron chi connectivity index (χ4n) is 2.34. The van der Waals surface area contributed by atoms with Crippen molar-refractivity contribution in [2.45, 2.75) is 11.7 Å². The molecule has 3 aromatic rings. The monoisotopic (exact) mass is 399 g/mol. The van der Waals surface area contributed by atoms with Crippen LogP contribution in [0.2, 0.25) is 0 Å². The van der Waals surface area contributed by atoms with Gasteiger partial charge in [-0.15, -0.1) is 10.2 Å². The minimum atomic E-state index is -0.363. The van der Waals surface area contributed by atoms with Gasteiger partial charge in [0.15, 0.2) is 11.0 Å². The number of amides is 2. The Bertz CT molecular complexity index is 960. The summed E-state index contributed by atoms with van der Waals surface area (Å²) >= 11 is 1.22. The van der Waals surface area contributed by atoms with Crippen molar-refractivity contribution in [1.82, 2.24) is 20.1 Å². The highest BCUT2D eigenvalue weighted by molar-refractivity contribution is 7.99. The van der Waals surface area contributed by atoms with Crippen LogP contribution in [-0.2, 0) is 18.4 Å². The van der Waals surface area contributed by atoms with Gasteiger partial charge < -0.3 is 15.2 Å². The molecule has 1 aromatic heterocycles. The average molecular weight is 399 g/mol. The van der Waals surface area contributed by atoms with Crippen LogP contribution in [0.15, 0.2) is 59.8 Å². The highest BCUT2D eigenvalue weighted by Gasteiger charge is 2.13. The first kappa shape index (κ1) is 19.6. The standard InChI is InChI=1S/C19H18FN5O2S/c1-25-16(11-21-18(27)13-5-3-2-4-6-13)23-24-19(25)28-12-17(26)22-15-9-7-14(20)8-10-15/h2-10H,11-12H2,1H3,(H,21,27)(H,22,26). The SMILES string of the molecule is Cn1c(CNC(=O)c2ccccc2)nnc1SCC(=O)Nc1ccc(F)cc1. The smallest absolute Gasteiger partial charge is 0.251 e. The molecule has 0 radical (unpaired) electrons. The molecule has 3 rings (SSSR count). The molecule has 0 atom stereocenters. The van der Waals surface area contributed by atoms with Crippen LogP contribution in [0, 0.1) is 5.82 Å². The summed E-state index contributed by atoms with van der Waals surface area (Å²) in [4.78, 5) is 24.1. The third-order valence-corrected chi connectivity index (χ3v) is 4.85. The summed E-state index contributed by atoms with van der Waals surface area (Å²) in [6.45, 7) is 0.222. The number of nitrogens with one attached hydrogen (secondary N) is 2. The average Bonchev–Trinajstić information content (AvgIpc) is 3.06. The second-order valence-corrected chi connectivity index (χ2v) is 6.79. The van der Waals surface area contributed by atoms with Crippen molar-refractivity contribution in [3.63, 3.8) is 0 Å². The molecule has 0 aliphatic carbocycles. The van der Waals surface area contributed by atoms with E-state index >= 15 is 0 Å². The summed E-state index contributed by atoms with van der Waals surface area (Å²) in [6.07, 6.45) is 0. The Labute approximate surface area is 165 Å². The van der Waals surface area contributed by atoms with E-state index in [1.807, 2.05) is 6.07 Å². The zero-order valence-electron chi connectivity index (χ0n) is 15.1. The second-order valence-electron chi connectivity index (χ2n) is 5.85. The minimum Gasteiger partial charge on any atom is -0.345 e. The fraction of sp³-hybridized carbons (Fsp3) is 0.158. The third kappa shape index (κ3) is 5.17. The molecule has 144 valence electrons. The van der Waals surface area contributed by atoms with E-state index in [2.05, 4.69) is 20.8 Å². The van der Waals surface area contributed by atoms with Gasteiger partial charge >= 0.3 is 0 Å². The lowest BCUT2D eigenvalue weighted by Gasteiger charge is -2.07. The highest BCUT2D eigenvalue weighted by atomic mass is 32.2. The molecule has 0 spiro atoms. The van der Waals surface area contributed by atoms with Crippen molar-refractivity contribution in [3.8, 4) is 0 Å². The van der Waals surface area contributed by atoms with E-state index < -0.39 is 0 Å². The van der Waals surface area contributed by atoms with Crippen molar-refractivity contribution >= 4 is 29.3 Å². The zero-order valence-corrected chi connectivity index (χ0v) is 15.9. The predicted octanol–water partition coefficient (Wildman–Crippen LogP) is 2.62. The Kier molecular flexibility index (Phi) is 6.38. The van der Waals surface area contributed by atoms with Crippen LogP contribution in [0.5, 0.6) is 0 Å². The Morgan fingerprint density at radius 1 is 1.07 bits per heavy atom. The quantitative estimate of drug-likeness (QED) is 0.596. The van der Waals surface area contributed by atoms with E-state index in [9.17, 15) is 14.0 Å². The molecule has 2 amide bonds. The van der Waals surface area contributed by atoms with Gasteiger partial charge in [-0.2, -0.15) is 0 Å². The molecule has 0 bridgehead atoms. The summed E-state index contributed by atoms with van der Waals surface area (Å²) in [7, 11) is 1.77. The highest BCUT2D eigenvalue weighted by Crippen LogP contribution is 2.16. The minimum absolute atomic E-state index is 0.125. The lowest BCUT2D eigenvalue weighted by molar-refractivity contribution is -0.113. The number of hydrogen-bond acceptors (Lipinski definition) is 5. The molecule has 7 nitrogen and oxygen atoms in total. The predicted molar refractivity (Wildman–Crippen MR) is 104 cm³/mol. The number of anilines is 1. The number of halogens is 1. The number of nitrogens with zero attached hydrogens (tertiary/aromatic N) is 3. The van der Waals surface area contributed by atoms with E-state index in [1.165, 1.54) is 36.0 Å². The number of thioether (sulfide) groups is 1. The zero-order chi connectivity index (χ0) is 19.9. The van der Waals surface area contributed by atoms with Crippen LogP contribution in [0.1, 0.15) is 16.2 Å². The number of hydrogen-bond donors (Lipinski definition) is 2. The lowest BCUT2D eigenvalue weighted by atomic mass is 10.2. The van der Waals surface area contributed by atoms with Gasteiger partial charge in [0.2, 0.25) is 5.91 Å². The number of aromatic nitrogens is 3. The largest absolute Gasteiger partial charge is 0.345 e. The van der Waals surface area contributed by atoms with E-state index in [0.29, 0.717) is 22.2 Å². The van der Waals surface area contributed by atoms with Crippen LogP contribution in [0.25, 0.3) is 0 Å². The van der Waals surface area contributed by atoms with Crippen molar-refractivity contribution in [2.75, 3.05) is 11.1 Å². The van der Waals surface area contributed by atoms with Gasteiger partial charge in [0, 0.05) is 18.3 Å². The molecule has 0 saturated heterocycles. The van der Waals surface area contributed by atoms with E-state index in [4.69, 9.17) is 0 Å². The van der Waals surface area contributed by atoms with Gasteiger partial charge in [-0.05, 0) is 36.4 Å². The summed E-state index contributed by atoms with van der Waals surface area (Å²) in [5, 5.41) is 14.1. The van der Waals surface area contributed by atoms with E-state index in [1.54, 1.807) is 35.9 Å². The maximum atomic E-state index is 12.9. The fourth-order valence-corrected chi connectivity index (χ4v) is 3.07. The number of benzene rings is 2. The number of rotatable bonds is 7. The van der Waals surface area contributed by atoms with E-state index in [-0.39, 0.29) is 29.9 Å². The third-order valence-electron chi connectivity index (χ3n) is 3.83. The van der Waals surface area contributed by atoms with Gasteiger partial charge in [-0.3, -0.25) is 9.59 Å². The number of carbonyl (C=O) groups excluding carboxylic acids is 2. The first-order valence-corrected chi connectivity index (χ1v) is 9.41. The summed E-state index contributed by atoms with van der Waals surface area (Å²) < 4.78 is 14.6. The maximum absolute atomic E-state index is 12.9. The van der Waals surface area contributed by atoms with Gasteiger partial charge in [0.1, 0.15) is 5.82 Å². The summed E-state index contributed by atoms with van der Waals surface area (Å²) in [5.74, 6) is -0.0983. The second kappa shape index (κ2) is 9.14. The van der Waals surface area contributed by atoms with Crippen molar-refractivity contribution < 1.29 is 14.0 Å². The molecular formula is C19H18FN5O2S. The molecule has 2 aromatic carbocycles. The van der Waals surface area contributed by atoms with Crippen molar-refractivity contribution in [2.24, 2.45) is 7.05 Å². The van der Waals surface area contributed by atoms with Crippen LogP contribution in [0.3, 0.4) is 0 Å². The van der Waals surface area contributed by atoms with Crippen LogP contribution in [0.4, 0.5) is 10.1 Å². The van der Waals surface area contributed by atoms with Gasteiger partial charge in [-0.1, -0.05) is 30.0 Å². The Hall–Kier alpha value is -3.20. The maximum Gasteiger partial charge on any atom is 0.251 e. The normalized spacial score (nSPS) is 10.5. The molecule has 1 heterocycles. The first-order valence-electron chi connectivity index (χ1n) is 8.42. The van der Waals surface area contributed by atoms with E-state index in [0.717, 1.165) is 0 Å². The molecule has 0 saturated carbocycles. The summed E-state index contributed by atoms with van der Waals surface area (Å²) in [6, 6.07) is 14.4. The van der Waals surface area contributed by atoms with Gasteiger partial charge in [-0.25, -0.2) is 4.39 Å². The molecule has 0 unspecified atom stereocenters. The Morgan fingerprint density at radius 3 is 2.50 bits per heavy atom. The van der Waals surface area contributed by atoms with Crippen molar-refractivity contribution in [3.05, 3.63) is 71.8 Å². The molecule has 0 fully saturated rings. The molecule has 2 N–H and O–H groups in total. The molecular weight excluding hydrogens is 381 g/mol. The van der Waals surface area contributed by atoms with Crippen LogP contribution in [-0.4, -0.2) is 32.3 Å². The lowest BCUT2D eigenvalue weighted by Crippen LogP contribution is -2.24. The molecule has 28 heavy (non-hydrogen) atoms. The first-order chi connectivity index (χ1) is 13.5. The molecule has 0 aliphatic rings. The van der Waals surface area contributed by atoms with Gasteiger partial charge in [0.25, 0.3) is 5.91 Å². The summed E-state index contributed by atoms with van der Waals surface area (Å²) in [5.41, 5.74) is 1.09. The van der Waals surface area contributed by atoms with Gasteiger partial charge in [0.05, 0.1) is 12.3 Å². The topological polar surface area (TPSA) is 88.9 Å². The van der Waals surface area contributed by atoms with Crippen LogP contribution < -0.4 is 10.6 Å².